The minimum Gasteiger partial charge on any atom is -0.335 e. The Labute approximate surface area is 152 Å². The molecule has 1 N–H and O–H groups in total. The number of rotatable bonds is 6. The summed E-state index contributed by atoms with van der Waals surface area (Å²) in [7, 11) is 4.14. The van der Waals surface area contributed by atoms with Crippen LogP contribution in [0.3, 0.4) is 0 Å². The van der Waals surface area contributed by atoms with Crippen LogP contribution in [-0.2, 0) is 6.54 Å². The van der Waals surface area contributed by atoms with Crippen molar-refractivity contribution in [2.45, 2.75) is 33.4 Å². The summed E-state index contributed by atoms with van der Waals surface area (Å²) < 4.78 is 0. The van der Waals surface area contributed by atoms with Crippen molar-refractivity contribution in [1.29, 1.82) is 0 Å². The number of hydrogen-bond donors (Lipinski definition) is 1. The summed E-state index contributed by atoms with van der Waals surface area (Å²) in [5.41, 5.74) is 1.30. The Bertz CT molecular complexity index is 538. The third kappa shape index (κ3) is 5.97. The van der Waals surface area contributed by atoms with Gasteiger partial charge in [0.15, 0.2) is 0 Å². The molecule has 2 amide bonds. The first-order valence-electron chi connectivity index (χ1n) is 9.09. The minimum absolute atomic E-state index is 0.0301. The van der Waals surface area contributed by atoms with E-state index in [0.717, 1.165) is 39.3 Å². The molecular weight excluding hydrogens is 314 g/mol. The number of carbonyl (C=O) groups excluding carboxylic acids is 1. The molecule has 0 spiro atoms. The third-order valence-electron chi connectivity index (χ3n) is 5.05. The van der Waals surface area contributed by atoms with E-state index in [1.807, 2.05) is 29.4 Å². The van der Waals surface area contributed by atoms with Crippen molar-refractivity contribution in [1.82, 2.24) is 25.0 Å². The fourth-order valence-electron chi connectivity index (χ4n) is 3.28. The van der Waals surface area contributed by atoms with Crippen LogP contribution in [0.4, 0.5) is 4.79 Å². The summed E-state index contributed by atoms with van der Waals surface area (Å²) >= 11 is 0. The van der Waals surface area contributed by atoms with Crippen LogP contribution < -0.4 is 5.32 Å². The van der Waals surface area contributed by atoms with Gasteiger partial charge in [-0.2, -0.15) is 0 Å². The smallest absolute Gasteiger partial charge is 0.317 e. The zero-order valence-corrected chi connectivity index (χ0v) is 16.3. The van der Waals surface area contributed by atoms with E-state index >= 15 is 0 Å². The van der Waals surface area contributed by atoms with E-state index in [9.17, 15) is 4.79 Å². The Balaban J connectivity index is 1.79. The molecule has 1 aliphatic rings. The fourth-order valence-corrected chi connectivity index (χ4v) is 3.28. The molecule has 0 aromatic carbocycles. The quantitative estimate of drug-likeness (QED) is 0.854. The molecule has 6 nitrogen and oxygen atoms in total. The fraction of sp³-hybridized carbons (Fsp3) is 0.684. The number of urea groups is 1. The van der Waals surface area contributed by atoms with E-state index < -0.39 is 0 Å². The van der Waals surface area contributed by atoms with Gasteiger partial charge in [-0.25, -0.2) is 4.79 Å². The van der Waals surface area contributed by atoms with Gasteiger partial charge in [-0.15, -0.1) is 0 Å². The standard InChI is InChI=1S/C19H33N5O/c1-16(19(2,3)15-22(4)5)21-18(25)24-12-10-23(11-13-24)14-17-6-8-20-9-7-17/h6-9,16H,10-15H2,1-5H3,(H,21,25)/t16-/m1/s1. The van der Waals surface area contributed by atoms with Gasteiger partial charge in [-0.1, -0.05) is 13.8 Å². The minimum atomic E-state index is 0.0301. The lowest BCUT2D eigenvalue weighted by molar-refractivity contribution is 0.123. The average Bonchev–Trinajstić information content (AvgIpc) is 2.55. The molecule has 1 fully saturated rings. The molecule has 1 aromatic heterocycles. The topological polar surface area (TPSA) is 51.7 Å². The predicted molar refractivity (Wildman–Crippen MR) is 101 cm³/mol. The van der Waals surface area contributed by atoms with Crippen LogP contribution in [0.5, 0.6) is 0 Å². The third-order valence-corrected chi connectivity index (χ3v) is 5.05. The maximum Gasteiger partial charge on any atom is 0.317 e. The summed E-state index contributed by atoms with van der Waals surface area (Å²) in [5.74, 6) is 0. The van der Waals surface area contributed by atoms with Crippen LogP contribution in [0.25, 0.3) is 0 Å². The second kappa shape index (κ2) is 8.63. The van der Waals surface area contributed by atoms with Crippen LogP contribution in [-0.4, -0.2) is 78.6 Å². The van der Waals surface area contributed by atoms with Crippen LogP contribution in [0.15, 0.2) is 24.5 Å². The molecule has 0 radical (unpaired) electrons. The molecule has 0 aliphatic carbocycles. The number of amides is 2. The zero-order valence-electron chi connectivity index (χ0n) is 16.3. The lowest BCUT2D eigenvalue weighted by atomic mass is 9.85. The Morgan fingerprint density at radius 1 is 1.24 bits per heavy atom. The Hall–Kier alpha value is -1.66. The monoisotopic (exact) mass is 347 g/mol. The zero-order chi connectivity index (χ0) is 18.4. The van der Waals surface area contributed by atoms with E-state index in [-0.39, 0.29) is 17.5 Å². The number of nitrogens with zero attached hydrogens (tertiary/aromatic N) is 4. The molecule has 140 valence electrons. The summed E-state index contributed by atoms with van der Waals surface area (Å²) in [4.78, 5) is 23.1. The number of piperazine rings is 1. The molecule has 1 aliphatic heterocycles. The molecule has 0 unspecified atom stereocenters. The first-order chi connectivity index (χ1) is 11.8. The number of pyridine rings is 1. The van der Waals surface area contributed by atoms with Gasteiger partial charge in [0.25, 0.3) is 0 Å². The van der Waals surface area contributed by atoms with Crippen molar-refractivity contribution < 1.29 is 4.79 Å². The molecular formula is C19H33N5O. The van der Waals surface area contributed by atoms with Gasteiger partial charge in [0.05, 0.1) is 0 Å². The average molecular weight is 348 g/mol. The van der Waals surface area contributed by atoms with Gasteiger partial charge in [0.2, 0.25) is 0 Å². The first-order valence-corrected chi connectivity index (χ1v) is 9.09. The van der Waals surface area contributed by atoms with Crippen LogP contribution in [0.2, 0.25) is 0 Å². The summed E-state index contributed by atoms with van der Waals surface area (Å²) in [6, 6.07) is 4.28. The Morgan fingerprint density at radius 3 is 2.40 bits per heavy atom. The van der Waals surface area contributed by atoms with Crippen molar-refractivity contribution in [2.75, 3.05) is 46.8 Å². The molecule has 1 aromatic rings. The molecule has 1 atom stereocenters. The summed E-state index contributed by atoms with van der Waals surface area (Å²) in [5, 5.41) is 3.19. The largest absolute Gasteiger partial charge is 0.335 e. The Morgan fingerprint density at radius 2 is 1.84 bits per heavy atom. The van der Waals surface area contributed by atoms with Gasteiger partial charge in [-0.05, 0) is 44.1 Å². The highest BCUT2D eigenvalue weighted by molar-refractivity contribution is 5.74. The second-order valence-corrected chi connectivity index (χ2v) is 8.02. The van der Waals surface area contributed by atoms with E-state index in [4.69, 9.17) is 0 Å². The van der Waals surface area contributed by atoms with Gasteiger partial charge in [0.1, 0.15) is 0 Å². The van der Waals surface area contributed by atoms with Crippen molar-refractivity contribution in [3.8, 4) is 0 Å². The molecule has 25 heavy (non-hydrogen) atoms. The summed E-state index contributed by atoms with van der Waals surface area (Å²) in [6.45, 7) is 11.7. The van der Waals surface area contributed by atoms with Crippen molar-refractivity contribution in [3.05, 3.63) is 30.1 Å². The molecule has 0 saturated carbocycles. The second-order valence-electron chi connectivity index (χ2n) is 8.02. The van der Waals surface area contributed by atoms with E-state index in [2.05, 4.69) is 55.0 Å². The highest BCUT2D eigenvalue weighted by atomic mass is 16.2. The SMILES string of the molecule is C[C@@H](NC(=O)N1CCN(Cc2ccncc2)CC1)C(C)(C)CN(C)C. The predicted octanol–water partition coefficient (Wildman–Crippen LogP) is 1.89. The van der Waals surface area contributed by atoms with Gasteiger partial charge >= 0.3 is 6.03 Å². The summed E-state index contributed by atoms with van der Waals surface area (Å²) in [6.07, 6.45) is 3.66. The van der Waals surface area contributed by atoms with Crippen LogP contribution >= 0.6 is 0 Å². The molecule has 2 heterocycles. The van der Waals surface area contributed by atoms with Gasteiger partial charge in [0, 0.05) is 57.7 Å². The van der Waals surface area contributed by atoms with E-state index in [0.29, 0.717) is 0 Å². The van der Waals surface area contributed by atoms with Crippen LogP contribution in [0, 0.1) is 5.41 Å². The van der Waals surface area contributed by atoms with Gasteiger partial charge < -0.3 is 15.1 Å². The maximum absolute atomic E-state index is 12.6. The maximum atomic E-state index is 12.6. The van der Waals surface area contributed by atoms with E-state index in [1.165, 1.54) is 5.56 Å². The molecule has 6 heteroatoms. The molecule has 0 bridgehead atoms. The van der Waals surface area contributed by atoms with Crippen molar-refractivity contribution >= 4 is 6.03 Å². The molecule has 2 rings (SSSR count). The first kappa shape index (κ1) is 19.7. The lowest BCUT2D eigenvalue weighted by Gasteiger charge is -2.38. The van der Waals surface area contributed by atoms with Crippen molar-refractivity contribution in [2.24, 2.45) is 5.41 Å². The number of carbonyl (C=O) groups is 1. The highest BCUT2D eigenvalue weighted by Crippen LogP contribution is 2.21. The van der Waals surface area contributed by atoms with E-state index in [1.54, 1.807) is 0 Å². The van der Waals surface area contributed by atoms with Crippen molar-refractivity contribution in [3.63, 3.8) is 0 Å². The molecule has 1 saturated heterocycles. The normalized spacial score (nSPS) is 17.6. The Kier molecular flexibility index (Phi) is 6.79. The lowest BCUT2D eigenvalue weighted by Crippen LogP contribution is -2.55. The number of aromatic nitrogens is 1. The highest BCUT2D eigenvalue weighted by Gasteiger charge is 2.30. The van der Waals surface area contributed by atoms with Gasteiger partial charge in [-0.3, -0.25) is 9.88 Å². The number of hydrogen-bond acceptors (Lipinski definition) is 4. The number of nitrogens with one attached hydrogen (secondary N) is 1. The van der Waals surface area contributed by atoms with Crippen LogP contribution in [0.1, 0.15) is 26.3 Å².